The summed E-state index contributed by atoms with van der Waals surface area (Å²) < 4.78 is 5.18. The lowest BCUT2D eigenvalue weighted by atomic mass is 10.0. The molecular weight excluding hydrogens is 220 g/mol. The Labute approximate surface area is 97.8 Å². The number of benzene rings is 1. The molecular formula is C12H13N2O3+. The second-order valence-corrected chi connectivity index (χ2v) is 3.88. The van der Waals surface area contributed by atoms with E-state index in [0.29, 0.717) is 12.0 Å². The van der Waals surface area contributed by atoms with Crippen molar-refractivity contribution in [2.45, 2.75) is 13.8 Å². The molecule has 0 radical (unpaired) electrons. The number of nitrogens with one attached hydrogen (secondary N) is 1. The first-order valence-electron chi connectivity index (χ1n) is 5.10. The number of phenolic OH excluding ortho intramolecular Hbond substituents is 1. The summed E-state index contributed by atoms with van der Waals surface area (Å²) in [6, 6.07) is 3.19. The van der Waals surface area contributed by atoms with Crippen LogP contribution in [0.3, 0.4) is 0 Å². The first-order valence-corrected chi connectivity index (χ1v) is 5.10. The molecule has 0 unspecified atom stereocenters. The van der Waals surface area contributed by atoms with E-state index in [1.54, 1.807) is 12.1 Å². The van der Waals surface area contributed by atoms with E-state index < -0.39 is 0 Å². The number of carbonyl (C=O) groups is 1. The number of aldehydes is 1. The molecule has 88 valence electrons. The Bertz CT molecular complexity index is 568. The fraction of sp³-hybridized carbons (Fsp3) is 0.167. The highest BCUT2D eigenvalue weighted by Crippen LogP contribution is 2.33. The zero-order chi connectivity index (χ0) is 12.6. The van der Waals surface area contributed by atoms with Gasteiger partial charge >= 0.3 is 0 Å². The van der Waals surface area contributed by atoms with Gasteiger partial charge in [0.25, 0.3) is 0 Å². The van der Waals surface area contributed by atoms with Gasteiger partial charge in [0.2, 0.25) is 5.69 Å². The van der Waals surface area contributed by atoms with Crippen molar-refractivity contribution in [3.8, 4) is 16.9 Å². The lowest BCUT2D eigenvalue weighted by molar-refractivity contribution is -0.615. The molecule has 0 aliphatic heterocycles. The number of H-pyrrole nitrogens is 1. The van der Waals surface area contributed by atoms with Crippen LogP contribution < -0.4 is 10.9 Å². The smallest absolute Gasteiger partial charge is 0.233 e. The highest BCUT2D eigenvalue weighted by molar-refractivity contribution is 5.87. The van der Waals surface area contributed by atoms with Crippen LogP contribution in [0.5, 0.6) is 5.75 Å². The third-order valence-corrected chi connectivity index (χ3v) is 2.67. The number of carbonyl (C=O) groups excluding carboxylic acids is 1. The molecule has 2 aromatic rings. The van der Waals surface area contributed by atoms with Crippen molar-refractivity contribution in [2.75, 3.05) is 5.73 Å². The van der Waals surface area contributed by atoms with Gasteiger partial charge in [-0.2, -0.15) is 0 Å². The largest absolute Gasteiger partial charge is 0.505 e. The Morgan fingerprint density at radius 3 is 2.65 bits per heavy atom. The third kappa shape index (κ3) is 1.75. The highest BCUT2D eigenvalue weighted by Gasteiger charge is 2.19. The van der Waals surface area contributed by atoms with Crippen LogP contribution in [0.1, 0.15) is 21.8 Å². The molecule has 0 spiro atoms. The maximum absolute atomic E-state index is 10.8. The number of hydrogen-bond donors (Lipinski definition) is 2. The molecule has 5 nitrogen and oxygen atoms in total. The first kappa shape index (κ1) is 11.2. The minimum absolute atomic E-state index is 0.167. The summed E-state index contributed by atoms with van der Waals surface area (Å²) >= 11 is 0. The molecule has 0 fully saturated rings. The lowest BCUT2D eigenvalue weighted by Crippen LogP contribution is -1.99. The maximum Gasteiger partial charge on any atom is 0.233 e. The van der Waals surface area contributed by atoms with Crippen molar-refractivity contribution >= 4 is 12.0 Å². The van der Waals surface area contributed by atoms with Crippen molar-refractivity contribution in [3.05, 3.63) is 29.2 Å². The molecule has 0 aliphatic carbocycles. The summed E-state index contributed by atoms with van der Waals surface area (Å²) in [5, 5.41) is 12.3. The van der Waals surface area contributed by atoms with Gasteiger partial charge in [0.05, 0.1) is 16.8 Å². The van der Waals surface area contributed by atoms with Gasteiger partial charge in [-0.25, -0.2) is 4.52 Å². The number of aromatic nitrogens is 1. The van der Waals surface area contributed by atoms with Gasteiger partial charge in [0, 0.05) is 13.8 Å². The molecule has 2 rings (SSSR count). The van der Waals surface area contributed by atoms with E-state index >= 15 is 0 Å². The number of nitrogens with two attached hydrogens (primary N) is 1. The van der Waals surface area contributed by atoms with Gasteiger partial charge < -0.3 is 10.8 Å². The zero-order valence-electron chi connectivity index (χ0n) is 9.57. The second kappa shape index (κ2) is 3.93. The minimum Gasteiger partial charge on any atom is -0.505 e. The SMILES string of the molecule is Cc1[nH+]oc(C)c1-c1cc(N)c(O)c(C=O)c1. The highest BCUT2D eigenvalue weighted by atomic mass is 16.5. The van der Waals surface area contributed by atoms with Gasteiger partial charge in [-0.15, -0.1) is 0 Å². The predicted octanol–water partition coefficient (Wildman–Crippen LogP) is 1.48. The number of phenols is 1. The van der Waals surface area contributed by atoms with Crippen LogP contribution in [0.15, 0.2) is 16.7 Å². The van der Waals surface area contributed by atoms with E-state index in [-0.39, 0.29) is 17.0 Å². The van der Waals surface area contributed by atoms with Crippen LogP contribution in [0, 0.1) is 13.8 Å². The molecule has 1 aromatic heterocycles. The molecule has 0 amide bonds. The summed E-state index contributed by atoms with van der Waals surface area (Å²) in [6.07, 6.45) is 0.573. The average molecular weight is 233 g/mol. The number of anilines is 1. The molecule has 0 atom stereocenters. The molecule has 5 heteroatoms. The normalized spacial score (nSPS) is 10.5. The summed E-state index contributed by atoms with van der Waals surface area (Å²) in [4.78, 5) is 10.8. The van der Waals surface area contributed by atoms with Crippen LogP contribution in [0.25, 0.3) is 11.1 Å². The summed E-state index contributed by atoms with van der Waals surface area (Å²) in [5.41, 5.74) is 8.41. The van der Waals surface area contributed by atoms with Crippen LogP contribution in [0.4, 0.5) is 5.69 Å². The Balaban J connectivity index is 2.69. The molecule has 0 bridgehead atoms. The van der Waals surface area contributed by atoms with Crippen LogP contribution in [0.2, 0.25) is 0 Å². The van der Waals surface area contributed by atoms with Gasteiger partial charge in [-0.1, -0.05) is 0 Å². The number of nitrogen functional groups attached to an aromatic ring is 1. The summed E-state index contributed by atoms with van der Waals surface area (Å²) in [5.74, 6) is 0.510. The van der Waals surface area contributed by atoms with E-state index in [1.165, 1.54) is 0 Å². The Morgan fingerprint density at radius 1 is 1.41 bits per heavy atom. The molecule has 4 N–H and O–H groups in total. The average Bonchev–Trinajstić information content (AvgIpc) is 2.62. The van der Waals surface area contributed by atoms with E-state index in [1.807, 2.05) is 13.8 Å². The molecule has 0 saturated heterocycles. The van der Waals surface area contributed by atoms with Crippen molar-refractivity contribution in [2.24, 2.45) is 0 Å². The van der Waals surface area contributed by atoms with Gasteiger partial charge in [0.1, 0.15) is 5.75 Å². The zero-order valence-corrected chi connectivity index (χ0v) is 9.57. The van der Waals surface area contributed by atoms with Crippen LogP contribution in [-0.2, 0) is 0 Å². The molecule has 0 saturated carbocycles. The number of aromatic amines is 1. The van der Waals surface area contributed by atoms with Gasteiger partial charge in [0.15, 0.2) is 12.0 Å². The second-order valence-electron chi connectivity index (χ2n) is 3.88. The lowest BCUT2D eigenvalue weighted by Gasteiger charge is -2.05. The van der Waals surface area contributed by atoms with Crippen molar-refractivity contribution in [3.63, 3.8) is 0 Å². The molecule has 17 heavy (non-hydrogen) atoms. The molecule has 1 aromatic carbocycles. The van der Waals surface area contributed by atoms with Crippen molar-refractivity contribution in [1.82, 2.24) is 0 Å². The number of aromatic hydroxyl groups is 1. The standard InChI is InChI=1S/C12H12N2O3/c1-6-11(7(2)17-14-6)8-3-9(5-15)12(16)10(13)4-8/h3-5,16H,13H2,1-2H3/p+1. The maximum atomic E-state index is 10.8. The monoisotopic (exact) mass is 233 g/mol. The quantitative estimate of drug-likeness (QED) is 0.467. The van der Waals surface area contributed by atoms with Crippen LogP contribution in [-0.4, -0.2) is 11.4 Å². The minimum atomic E-state index is -0.188. The fourth-order valence-corrected chi connectivity index (χ4v) is 1.85. The van der Waals surface area contributed by atoms with Crippen molar-refractivity contribution in [1.29, 1.82) is 0 Å². The van der Waals surface area contributed by atoms with Gasteiger partial charge in [-0.05, 0) is 22.9 Å². The molecule has 1 heterocycles. The van der Waals surface area contributed by atoms with E-state index in [2.05, 4.69) is 5.16 Å². The predicted molar refractivity (Wildman–Crippen MR) is 61.6 cm³/mol. The van der Waals surface area contributed by atoms with E-state index in [0.717, 1.165) is 16.8 Å². The Morgan fingerprint density at radius 2 is 2.12 bits per heavy atom. The van der Waals surface area contributed by atoms with Crippen LogP contribution >= 0.6 is 0 Å². The fourth-order valence-electron chi connectivity index (χ4n) is 1.85. The van der Waals surface area contributed by atoms with E-state index in [4.69, 9.17) is 10.3 Å². The summed E-state index contributed by atoms with van der Waals surface area (Å²) in [7, 11) is 0. The number of hydrogen-bond acceptors (Lipinski definition) is 4. The first-order chi connectivity index (χ1) is 8.04. The molecule has 0 aliphatic rings. The van der Waals surface area contributed by atoms with Gasteiger partial charge in [-0.3, -0.25) is 4.79 Å². The Kier molecular flexibility index (Phi) is 2.59. The topological polar surface area (TPSA) is 90.6 Å². The van der Waals surface area contributed by atoms with E-state index in [9.17, 15) is 9.90 Å². The number of aryl methyl sites for hydroxylation is 2. The summed E-state index contributed by atoms with van der Waals surface area (Å²) in [6.45, 7) is 3.66. The third-order valence-electron chi connectivity index (χ3n) is 2.67. The van der Waals surface area contributed by atoms with Crippen molar-refractivity contribution < 1.29 is 19.6 Å². The Hall–Kier alpha value is -2.30. The number of rotatable bonds is 2.